The van der Waals surface area contributed by atoms with E-state index in [9.17, 15) is 30.8 Å². The molecule has 2 aromatic rings. The second kappa shape index (κ2) is 11.3. The quantitative estimate of drug-likeness (QED) is 0.399. The highest BCUT2D eigenvalue weighted by Crippen LogP contribution is 2.27. The summed E-state index contributed by atoms with van der Waals surface area (Å²) < 4.78 is 79.6. The van der Waals surface area contributed by atoms with E-state index in [2.05, 4.69) is 16.9 Å². The van der Waals surface area contributed by atoms with Crippen LogP contribution in [-0.2, 0) is 21.4 Å². The topological polar surface area (TPSA) is 90.9 Å². The van der Waals surface area contributed by atoms with Crippen LogP contribution in [0, 0.1) is 5.82 Å². The van der Waals surface area contributed by atoms with Gasteiger partial charge in [-0.3, -0.25) is 14.1 Å². The van der Waals surface area contributed by atoms with Crippen molar-refractivity contribution in [3.8, 4) is 0 Å². The lowest BCUT2D eigenvalue weighted by Crippen LogP contribution is -2.52. The molecule has 1 aliphatic heterocycles. The monoisotopic (exact) mass is 574 g/mol. The number of aliphatic imine (C=N–C) groups is 1. The Morgan fingerprint density at radius 2 is 1.87 bits per heavy atom. The second-order valence-electron chi connectivity index (χ2n) is 9.30. The lowest BCUT2D eigenvalue weighted by Gasteiger charge is -2.27. The zero-order valence-corrected chi connectivity index (χ0v) is 22.2. The Morgan fingerprint density at radius 3 is 2.47 bits per heavy atom. The van der Waals surface area contributed by atoms with Crippen molar-refractivity contribution in [2.45, 2.75) is 55.9 Å². The summed E-state index contributed by atoms with van der Waals surface area (Å²) in [6, 6.07) is 10.5. The number of sulfonamides is 1. The van der Waals surface area contributed by atoms with Gasteiger partial charge in [0.15, 0.2) is 6.04 Å². The molecule has 7 nitrogen and oxygen atoms in total. The maximum atomic E-state index is 14.1. The van der Waals surface area contributed by atoms with Gasteiger partial charge in [0.05, 0.1) is 27.8 Å². The van der Waals surface area contributed by atoms with Crippen LogP contribution in [0.3, 0.4) is 0 Å². The Hall–Kier alpha value is -3.12. The van der Waals surface area contributed by atoms with Gasteiger partial charge in [0, 0.05) is 12.1 Å². The molecule has 1 heterocycles. The maximum absolute atomic E-state index is 14.1. The first-order chi connectivity index (χ1) is 17.6. The highest BCUT2D eigenvalue weighted by Gasteiger charge is 2.42. The van der Waals surface area contributed by atoms with Gasteiger partial charge in [0.1, 0.15) is 12.4 Å². The Balaban J connectivity index is 1.80. The number of halogens is 5. The highest BCUT2D eigenvalue weighted by molar-refractivity contribution is 7.89. The molecule has 0 unspecified atom stereocenters. The number of nitrogens with zero attached hydrogens (tertiary/aromatic N) is 2. The van der Waals surface area contributed by atoms with Crippen molar-refractivity contribution in [1.29, 1.82) is 0 Å². The number of amidine groups is 1. The number of hydrogen-bond donors (Lipinski definition) is 2. The molecule has 1 aliphatic rings. The van der Waals surface area contributed by atoms with E-state index in [4.69, 9.17) is 11.6 Å². The number of benzene rings is 2. The molecule has 0 aromatic heterocycles. The van der Waals surface area contributed by atoms with E-state index >= 15 is 0 Å². The molecule has 0 fully saturated rings. The third kappa shape index (κ3) is 7.25. The molecule has 0 saturated heterocycles. The molecule has 0 bridgehead atoms. The van der Waals surface area contributed by atoms with E-state index in [0.717, 1.165) is 10.4 Å². The van der Waals surface area contributed by atoms with Crippen LogP contribution in [0.25, 0.3) is 0 Å². The lowest BCUT2D eigenvalue weighted by atomic mass is 9.96. The third-order valence-corrected chi connectivity index (χ3v) is 7.93. The number of rotatable bonds is 10. The summed E-state index contributed by atoms with van der Waals surface area (Å²) in [7, 11) is -4.09. The van der Waals surface area contributed by atoms with Crippen molar-refractivity contribution >= 4 is 33.4 Å². The lowest BCUT2D eigenvalue weighted by molar-refractivity contribution is -0.139. The summed E-state index contributed by atoms with van der Waals surface area (Å²) in [5, 5.41) is 4.76. The van der Waals surface area contributed by atoms with E-state index in [1.807, 2.05) is 5.32 Å². The van der Waals surface area contributed by atoms with Crippen LogP contribution in [0.5, 0.6) is 0 Å². The molecular formula is C25H27ClF4N4O3S. The molecule has 3 rings (SSSR count). The number of allylic oxidation sites excluding steroid dienone is 1. The average Bonchev–Trinajstić information content (AvgIpc) is 3.15. The summed E-state index contributed by atoms with van der Waals surface area (Å²) in [4.78, 5) is 16.6. The fraction of sp³-hybridized carbons (Fsp3) is 0.360. The van der Waals surface area contributed by atoms with Gasteiger partial charge in [-0.25, -0.2) is 12.8 Å². The van der Waals surface area contributed by atoms with Crippen molar-refractivity contribution in [3.05, 3.63) is 77.2 Å². The van der Waals surface area contributed by atoms with Crippen LogP contribution in [0.2, 0.25) is 5.02 Å². The smallest absolute Gasteiger partial charge is 0.366 e. The molecule has 206 valence electrons. The van der Waals surface area contributed by atoms with Crippen LogP contribution in [0.4, 0.5) is 17.6 Å². The summed E-state index contributed by atoms with van der Waals surface area (Å²) in [5.74, 6) is -1.27. The van der Waals surface area contributed by atoms with Gasteiger partial charge >= 0.3 is 6.18 Å². The normalized spacial score (nSPS) is 16.9. The number of alkyl halides is 3. The fourth-order valence-electron chi connectivity index (χ4n) is 3.86. The highest BCUT2D eigenvalue weighted by atomic mass is 35.5. The molecule has 1 atom stereocenters. The summed E-state index contributed by atoms with van der Waals surface area (Å²) in [5.41, 5.74) is -0.467. The first kappa shape index (κ1) is 29.4. The molecule has 38 heavy (non-hydrogen) atoms. The van der Waals surface area contributed by atoms with Crippen LogP contribution in [-0.4, -0.2) is 48.8 Å². The molecule has 0 radical (unpaired) electrons. The van der Waals surface area contributed by atoms with Gasteiger partial charge < -0.3 is 10.6 Å². The van der Waals surface area contributed by atoms with E-state index < -0.39 is 46.0 Å². The number of carbonyl (C=O) groups is 1. The molecular weight excluding hydrogens is 548 g/mol. The summed E-state index contributed by atoms with van der Waals surface area (Å²) >= 11 is 5.76. The third-order valence-electron chi connectivity index (χ3n) is 5.79. The van der Waals surface area contributed by atoms with Crippen molar-refractivity contribution < 1.29 is 30.8 Å². The Morgan fingerprint density at radius 1 is 1.21 bits per heavy atom. The molecule has 2 N–H and O–H groups in total. The van der Waals surface area contributed by atoms with Crippen molar-refractivity contribution in [2.75, 3.05) is 6.54 Å². The predicted molar refractivity (Wildman–Crippen MR) is 136 cm³/mol. The van der Waals surface area contributed by atoms with E-state index in [0.29, 0.717) is 11.4 Å². The molecule has 13 heteroatoms. The Bertz CT molecular complexity index is 1330. The zero-order chi connectivity index (χ0) is 28.3. The van der Waals surface area contributed by atoms with E-state index in [1.54, 1.807) is 32.0 Å². The zero-order valence-electron chi connectivity index (χ0n) is 20.6. The Labute approximate surface area is 223 Å². The van der Waals surface area contributed by atoms with Gasteiger partial charge in [0.2, 0.25) is 5.91 Å². The van der Waals surface area contributed by atoms with E-state index in [-0.39, 0.29) is 35.0 Å². The van der Waals surface area contributed by atoms with Crippen LogP contribution in [0.1, 0.15) is 32.3 Å². The first-order valence-electron chi connectivity index (χ1n) is 11.5. The Kier molecular flexibility index (Phi) is 8.77. The summed E-state index contributed by atoms with van der Waals surface area (Å²) in [6.07, 6.45) is -4.36. The number of hydrogen-bond acceptors (Lipinski definition) is 5. The van der Waals surface area contributed by atoms with Gasteiger partial charge in [0.25, 0.3) is 10.0 Å². The fourth-order valence-corrected chi connectivity index (χ4v) is 5.49. The van der Waals surface area contributed by atoms with Gasteiger partial charge in [-0.1, -0.05) is 42.4 Å². The van der Waals surface area contributed by atoms with Gasteiger partial charge in [-0.15, -0.1) is 0 Å². The van der Waals surface area contributed by atoms with Gasteiger partial charge in [-0.05, 0) is 50.1 Å². The average molecular weight is 575 g/mol. The van der Waals surface area contributed by atoms with Crippen molar-refractivity contribution in [3.63, 3.8) is 0 Å². The molecule has 0 saturated carbocycles. The SMILES string of the molecule is C=C(CCC1=N[C@@H](C(=O)NCC(F)(F)F)C(C)(C)N1)N(Cc1ccc(Cl)c(F)c1)S(=O)(=O)c1ccccc1. The van der Waals surface area contributed by atoms with Crippen molar-refractivity contribution in [1.82, 2.24) is 14.9 Å². The number of amides is 1. The second-order valence-corrected chi connectivity index (χ2v) is 11.6. The van der Waals surface area contributed by atoms with Crippen LogP contribution >= 0.6 is 11.6 Å². The standard InChI is InChI=1S/C25H27ClF4N4O3S/c1-16(9-12-21-32-22(24(2,3)33-21)23(35)31-15-25(28,29)30)34(14-17-10-11-19(26)20(27)13-17)38(36,37)18-7-5-4-6-8-18/h4-8,10-11,13,22H,1,9,12,14-15H2,2-3H3,(H,31,35)(H,32,33)/t22-/m0/s1. The molecule has 0 spiro atoms. The van der Waals surface area contributed by atoms with Crippen LogP contribution in [0.15, 0.2) is 70.7 Å². The van der Waals surface area contributed by atoms with Gasteiger partial charge in [-0.2, -0.15) is 13.2 Å². The minimum absolute atomic E-state index is 0.00875. The van der Waals surface area contributed by atoms with E-state index in [1.165, 1.54) is 24.3 Å². The molecule has 1 amide bonds. The minimum Gasteiger partial charge on any atom is -0.366 e. The summed E-state index contributed by atoms with van der Waals surface area (Å²) in [6.45, 7) is 5.48. The molecule has 0 aliphatic carbocycles. The number of nitrogens with one attached hydrogen (secondary N) is 2. The maximum Gasteiger partial charge on any atom is 0.405 e. The minimum atomic E-state index is -4.56. The largest absolute Gasteiger partial charge is 0.405 e. The number of carbonyl (C=O) groups excluding carboxylic acids is 1. The van der Waals surface area contributed by atoms with Crippen molar-refractivity contribution in [2.24, 2.45) is 4.99 Å². The first-order valence-corrected chi connectivity index (χ1v) is 13.3. The van der Waals surface area contributed by atoms with Crippen LogP contribution < -0.4 is 10.6 Å². The molecule has 2 aromatic carbocycles. The predicted octanol–water partition coefficient (Wildman–Crippen LogP) is 4.79.